The molecular formula is C62H58N14O19S5. The van der Waals surface area contributed by atoms with Crippen LogP contribution in [0.25, 0.3) is 49.3 Å². The Hall–Kier alpha value is -9.87. The van der Waals surface area contributed by atoms with Gasteiger partial charge in [0.05, 0.1) is 43.3 Å². The van der Waals surface area contributed by atoms with Crippen LogP contribution in [0.3, 0.4) is 0 Å². The summed E-state index contributed by atoms with van der Waals surface area (Å²) in [5.41, 5.74) is 3.32. The van der Waals surface area contributed by atoms with Gasteiger partial charge in [0.25, 0.3) is 29.5 Å². The van der Waals surface area contributed by atoms with Gasteiger partial charge in [-0.2, -0.15) is 0 Å². The molecule has 7 aromatic heterocycles. The zero-order chi connectivity index (χ0) is 70.9. The molecule has 0 saturated carbocycles. The minimum Gasteiger partial charge on any atom is -0.506 e. The predicted octanol–water partition coefficient (Wildman–Crippen LogP) is 4.00. The Balaban J connectivity index is 0.972. The number of ether oxygens (including phenoxy) is 7. The molecule has 2 saturated heterocycles. The highest BCUT2D eigenvalue weighted by Crippen LogP contribution is 2.45. The number of nitrogens with zero attached hydrogens (tertiary/aromatic N) is 7. The number of esters is 2. The number of hydrogen-bond acceptors (Lipinski definition) is 30. The van der Waals surface area contributed by atoms with Gasteiger partial charge >= 0.3 is 17.9 Å². The van der Waals surface area contributed by atoms with Crippen molar-refractivity contribution in [2.45, 2.75) is 114 Å². The number of thiazole rings is 5. The first-order valence-corrected chi connectivity index (χ1v) is 34.7. The zero-order valence-electron chi connectivity index (χ0n) is 53.1. The van der Waals surface area contributed by atoms with Crippen molar-refractivity contribution in [2.75, 3.05) is 20.8 Å². The molecule has 100 heavy (non-hydrogen) atoms. The number of primary amides is 1. The van der Waals surface area contributed by atoms with E-state index in [0.29, 0.717) is 16.5 Å². The highest BCUT2D eigenvalue weighted by atomic mass is 32.1. The Kier molecular flexibility index (Phi) is 18.8. The highest BCUT2D eigenvalue weighted by Gasteiger charge is 2.59. The number of nitrogens with one attached hydrogen (secondary N) is 6. The fraction of sp³-hybridized carbons (Fsp3) is 0.339. The summed E-state index contributed by atoms with van der Waals surface area (Å²) in [7, 11) is 2.89. The number of allylic oxidation sites excluding steroid dienone is 1. The lowest BCUT2D eigenvalue weighted by Crippen LogP contribution is -2.59. The van der Waals surface area contributed by atoms with E-state index < -0.39 is 151 Å². The lowest BCUT2D eigenvalue weighted by molar-refractivity contribution is -0.269. The second-order valence-corrected chi connectivity index (χ2v) is 28.0. The molecule has 0 spiro atoms. The largest absolute Gasteiger partial charge is 0.506 e. The summed E-state index contributed by atoms with van der Waals surface area (Å²) in [6.45, 7) is 8.03. The van der Waals surface area contributed by atoms with E-state index in [9.17, 15) is 48.9 Å². The maximum Gasteiger partial charge on any atom is 0.355 e. The average Bonchev–Trinajstić information content (AvgIpc) is 1.58. The Bertz CT molecular complexity index is 4750. The summed E-state index contributed by atoms with van der Waals surface area (Å²) in [4.78, 5) is 159. The summed E-state index contributed by atoms with van der Waals surface area (Å²) < 4.78 is 44.2. The molecule has 1 aromatic carbocycles. The number of aliphatic carboxylic acids is 1. The Morgan fingerprint density at radius 3 is 2.27 bits per heavy atom. The molecular weight excluding hydrogens is 1410 g/mol. The molecule has 33 nitrogen and oxygen atoms in total. The minimum absolute atomic E-state index is 0.00326. The van der Waals surface area contributed by atoms with Gasteiger partial charge in [0.2, 0.25) is 12.1 Å². The topological polar surface area (TPSA) is 461 Å². The number of benzene rings is 1. The van der Waals surface area contributed by atoms with Gasteiger partial charge in [-0.1, -0.05) is 18.7 Å². The quantitative estimate of drug-likeness (QED) is 0.0554. The van der Waals surface area contributed by atoms with Gasteiger partial charge in [-0.05, 0) is 52.4 Å². The number of rotatable bonds is 9. The number of aromatic nitrogens is 7. The smallest absolute Gasteiger partial charge is 0.355 e. The molecule has 13 rings (SSSR count). The number of aliphatic hydroxyl groups is 1. The highest BCUT2D eigenvalue weighted by molar-refractivity contribution is 7.14. The van der Waals surface area contributed by atoms with Crippen LogP contribution >= 0.6 is 56.7 Å². The SMILES string of the molecule is C=C(NC(=O)c1csc(-c2nc3c(cc2O)-c2nc(cs2)C(=O)N[C@@H]([C@@H](C)O)C(=O)NC(=C(C)OC)c2nc(cs2)C(=O)N[C@@H]2c4nc(cs4)C(=O)N[C@@H](COC(=O)c4[nH]c5cccc6c5c4COC2[C@H](O[C@H]2C[C@]4(C)OC(C(=O)O)N(C)[C@@H]4[C@H](C)O2)C(=O)OC6)c2nc-3cs2)n1)C(N)=O. The monoisotopic (exact) mass is 1460 g/mol. The van der Waals surface area contributed by atoms with E-state index in [1.54, 1.807) is 39.1 Å². The lowest BCUT2D eigenvalue weighted by atomic mass is 9.86. The van der Waals surface area contributed by atoms with Gasteiger partial charge < -0.3 is 85.8 Å². The van der Waals surface area contributed by atoms with Crippen molar-refractivity contribution in [1.29, 1.82) is 0 Å². The van der Waals surface area contributed by atoms with E-state index in [1.165, 1.54) is 58.8 Å². The molecule has 38 heteroatoms. The number of likely N-dealkylation sites (N-methyl/N-ethyl adjacent to an activating group) is 1. The molecule has 6 amide bonds. The van der Waals surface area contributed by atoms with Crippen molar-refractivity contribution in [3.8, 4) is 38.4 Å². The van der Waals surface area contributed by atoms with Crippen molar-refractivity contribution < 1.29 is 91.6 Å². The summed E-state index contributed by atoms with van der Waals surface area (Å²) in [5.74, 6) is -9.27. The molecule has 0 radical (unpaired) electrons. The van der Waals surface area contributed by atoms with Gasteiger partial charge in [-0.25, -0.2) is 44.3 Å². The number of nitrogens with two attached hydrogens (primary N) is 1. The van der Waals surface area contributed by atoms with Crippen LogP contribution in [-0.4, -0.2) is 184 Å². The fourth-order valence-corrected chi connectivity index (χ4v) is 16.4. The lowest BCUT2D eigenvalue weighted by Gasteiger charge is -2.45. The van der Waals surface area contributed by atoms with Crippen LogP contribution in [0.4, 0.5) is 0 Å². The van der Waals surface area contributed by atoms with Crippen molar-refractivity contribution >= 4 is 127 Å². The van der Waals surface area contributed by atoms with Crippen LogP contribution in [0.5, 0.6) is 5.75 Å². The van der Waals surface area contributed by atoms with Crippen LogP contribution in [0.15, 0.2) is 69.2 Å². The van der Waals surface area contributed by atoms with E-state index in [0.717, 1.165) is 56.7 Å². The number of aromatic amines is 1. The summed E-state index contributed by atoms with van der Waals surface area (Å²) in [6.07, 6.45) is -8.92. The molecule has 2 fully saturated rings. The normalized spacial score (nSPS) is 25.2. The second kappa shape index (κ2) is 27.3. The molecule has 520 valence electrons. The number of carboxylic acid groups (broad SMARTS) is 1. The first-order valence-electron chi connectivity index (χ1n) is 30.3. The number of aromatic hydroxyl groups is 1. The first-order chi connectivity index (χ1) is 47.7. The van der Waals surface area contributed by atoms with Gasteiger partial charge in [0.15, 0.2) is 12.4 Å². The van der Waals surface area contributed by atoms with Crippen LogP contribution in [0.2, 0.25) is 0 Å². The summed E-state index contributed by atoms with van der Waals surface area (Å²) in [6, 6.07) is 1.02. The number of cyclic esters (lactones) is 2. The van der Waals surface area contributed by atoms with Gasteiger partial charge in [0, 0.05) is 55.4 Å². The number of hydrogen-bond donors (Lipinski definition) is 10. The number of aliphatic hydroxyl groups excluding tert-OH is 1. The molecule has 11 N–H and O–H groups in total. The third-order valence-corrected chi connectivity index (χ3v) is 21.5. The van der Waals surface area contributed by atoms with Gasteiger partial charge in [0.1, 0.15) is 125 Å². The number of carboxylic acids is 1. The zero-order valence-corrected chi connectivity index (χ0v) is 57.2. The number of fused-ring (bicyclic) bond motifs is 16. The van der Waals surface area contributed by atoms with Crippen molar-refractivity contribution in [3.63, 3.8) is 0 Å². The number of amides is 6. The van der Waals surface area contributed by atoms with Crippen molar-refractivity contribution in [2.24, 2.45) is 5.73 Å². The van der Waals surface area contributed by atoms with Crippen molar-refractivity contribution in [3.05, 3.63) is 124 Å². The summed E-state index contributed by atoms with van der Waals surface area (Å²) >= 11 is 4.52. The Labute approximate surface area is 584 Å². The summed E-state index contributed by atoms with van der Waals surface area (Å²) in [5, 5.41) is 53.8. The van der Waals surface area contributed by atoms with Crippen LogP contribution < -0.4 is 32.3 Å². The van der Waals surface area contributed by atoms with Crippen molar-refractivity contribution in [1.82, 2.24) is 66.4 Å². The van der Waals surface area contributed by atoms with Crippen LogP contribution in [-0.2, 0) is 65.5 Å². The molecule has 5 aliphatic rings. The fourth-order valence-electron chi connectivity index (χ4n) is 12.2. The second-order valence-electron chi connectivity index (χ2n) is 23.7. The Morgan fingerprint density at radius 1 is 0.850 bits per heavy atom. The first kappa shape index (κ1) is 68.6. The number of carbonyl (C=O) groups excluding carboxylic acids is 8. The number of pyridine rings is 1. The van der Waals surface area contributed by atoms with E-state index in [-0.39, 0.29) is 99.6 Å². The molecule has 12 heterocycles. The van der Waals surface area contributed by atoms with Crippen LogP contribution in [0, 0.1) is 0 Å². The van der Waals surface area contributed by atoms with E-state index in [2.05, 4.69) is 53.1 Å². The molecule has 2 unspecified atom stereocenters. The molecule has 8 aromatic rings. The number of carbonyl (C=O) groups is 9. The molecule has 0 aliphatic carbocycles. The molecule has 5 aliphatic heterocycles. The third-order valence-electron chi connectivity index (χ3n) is 17.0. The third kappa shape index (κ3) is 13.1. The number of methoxy groups -OCH3 is 1. The predicted molar refractivity (Wildman–Crippen MR) is 354 cm³/mol. The van der Waals surface area contributed by atoms with E-state index in [4.69, 9.17) is 53.8 Å². The maximum atomic E-state index is 15.2. The van der Waals surface area contributed by atoms with Crippen LogP contribution in [0.1, 0.15) is 125 Å². The molecule has 11 atom stereocenters. The molecule has 12 bridgehead atoms. The standard InChI is InChI=1S/C62H58N14O19S5/c1-21(47(63)79)64-48(80)31-18-99-56(70-31)42-35(78)11-26-40(72-42)30-16-97-54(67-30)29-15-92-60(87)41-27-14-90-44(45(61(88)91-13-25-9-8-10-28(65-41)37(25)27)94-36-12-62(5)46(24(4)93-36)76(6)58(95-62)59(85)86)43(57-71-32(19-100-57)49(81)66-29)75-51(83)34-20-98-55(69-34)39(23(3)89-7)74-52(84)38(22(2)77)73-50(82)33-17-96-53(26)68-33/h8-11,16-20,22,24,29,36,38,43-46,58,65,77-78H,1,12-15H2,2-7H3,(H2,63,79)(H,64,80)(H,66,81)(H,73,82)(H,74,84)(H,75,83)(H,85,86)/t22-,24+,29+,36+,38+,43+,44?,45+,46-,58?,62+/m1/s1. The average molecular weight is 1460 g/mol. The minimum atomic E-state index is -1.91. The van der Waals surface area contributed by atoms with Gasteiger partial charge in [-0.15, -0.1) is 56.7 Å². The Morgan fingerprint density at radius 2 is 1.53 bits per heavy atom. The number of H-pyrrole nitrogens is 1. The van der Waals surface area contributed by atoms with E-state index in [1.807, 2.05) is 0 Å². The van der Waals surface area contributed by atoms with Gasteiger partial charge in [-0.3, -0.25) is 33.7 Å². The van der Waals surface area contributed by atoms with E-state index >= 15 is 9.59 Å². The maximum absolute atomic E-state index is 15.2.